The van der Waals surface area contributed by atoms with Crippen molar-refractivity contribution in [1.29, 1.82) is 0 Å². The van der Waals surface area contributed by atoms with Gasteiger partial charge in [0.05, 0.1) is 10.8 Å². The summed E-state index contributed by atoms with van der Waals surface area (Å²) in [6.07, 6.45) is 5.12. The number of carbonyl (C=O) groups is 1. The van der Waals surface area contributed by atoms with E-state index < -0.39 is 26.1 Å². The number of sulfonamides is 2. The van der Waals surface area contributed by atoms with E-state index in [0.29, 0.717) is 37.8 Å². The number of carbonyl (C=O) groups excluding carboxylic acids is 1. The molecule has 0 aromatic heterocycles. The monoisotopic (exact) mass is 557 g/mol. The summed E-state index contributed by atoms with van der Waals surface area (Å²) in [6.45, 7) is 4.42. The van der Waals surface area contributed by atoms with Crippen molar-refractivity contribution in [2.75, 3.05) is 19.6 Å². The minimum Gasteiger partial charge on any atom is -0.339 e. The zero-order valence-corrected chi connectivity index (χ0v) is 23.0. The van der Waals surface area contributed by atoms with Gasteiger partial charge in [0, 0.05) is 37.1 Å². The van der Waals surface area contributed by atoms with Crippen LogP contribution in [0.2, 0.25) is 0 Å². The van der Waals surface area contributed by atoms with Gasteiger partial charge in [-0.3, -0.25) is 4.79 Å². The number of nitrogens with one attached hydrogen (secondary N) is 1. The van der Waals surface area contributed by atoms with Crippen molar-refractivity contribution in [3.05, 3.63) is 77.7 Å². The normalized spacial score (nSPS) is 24.5. The zero-order chi connectivity index (χ0) is 26.9. The zero-order valence-electron chi connectivity index (χ0n) is 21.4. The predicted molar refractivity (Wildman–Crippen MR) is 146 cm³/mol. The number of nitrogens with zero attached hydrogens (tertiary/aromatic N) is 2. The highest BCUT2D eigenvalue weighted by Crippen LogP contribution is 2.39. The summed E-state index contributed by atoms with van der Waals surface area (Å²) >= 11 is 0. The molecule has 0 spiro atoms. The van der Waals surface area contributed by atoms with Crippen LogP contribution >= 0.6 is 0 Å². The maximum absolute atomic E-state index is 13.8. The minimum absolute atomic E-state index is 0.00266. The van der Waals surface area contributed by atoms with Crippen molar-refractivity contribution in [3.63, 3.8) is 0 Å². The van der Waals surface area contributed by atoms with Crippen molar-refractivity contribution in [1.82, 2.24) is 13.9 Å². The molecular formula is C28H35N3O5S2. The van der Waals surface area contributed by atoms with E-state index in [1.165, 1.54) is 10.7 Å². The van der Waals surface area contributed by atoms with Crippen molar-refractivity contribution in [2.45, 2.75) is 61.4 Å². The summed E-state index contributed by atoms with van der Waals surface area (Å²) in [4.78, 5) is 16.0. The second-order valence-corrected chi connectivity index (χ2v) is 14.2. The Morgan fingerprint density at radius 3 is 2.39 bits per heavy atom. The highest BCUT2D eigenvalue weighted by atomic mass is 32.2. The van der Waals surface area contributed by atoms with Crippen LogP contribution in [0.4, 0.5) is 0 Å². The Morgan fingerprint density at radius 2 is 1.76 bits per heavy atom. The standard InChI is InChI=1S/C28H35N3O5S2/c1-2-37(33,34)29-19-25-9-6-16-31(25)38(35,36)26-14-11-23(12-15-26)27(18-21-7-4-3-5-8-21)28(32)30-20-22-10-13-24(30)17-22/h2-5,7-8,11-12,14-15,22,24-25,27,29H,1,6,9-10,13,16-20H2. The van der Waals surface area contributed by atoms with E-state index in [-0.39, 0.29) is 23.3 Å². The van der Waals surface area contributed by atoms with E-state index in [2.05, 4.69) is 11.3 Å². The number of hydrogen-bond donors (Lipinski definition) is 1. The molecule has 1 aliphatic carbocycles. The fourth-order valence-electron chi connectivity index (χ4n) is 6.20. The van der Waals surface area contributed by atoms with Gasteiger partial charge in [-0.1, -0.05) is 49.0 Å². The Balaban J connectivity index is 1.37. The van der Waals surface area contributed by atoms with Gasteiger partial charge in [0.1, 0.15) is 0 Å². The molecular weight excluding hydrogens is 522 g/mol. The topological polar surface area (TPSA) is 104 Å². The first kappa shape index (κ1) is 27.1. The van der Waals surface area contributed by atoms with Crippen LogP contribution in [0.3, 0.4) is 0 Å². The third-order valence-electron chi connectivity index (χ3n) is 8.22. The highest BCUT2D eigenvalue weighted by Gasteiger charge is 2.42. The highest BCUT2D eigenvalue weighted by molar-refractivity contribution is 7.92. The molecule has 4 atom stereocenters. The SMILES string of the molecule is C=CS(=O)(=O)NCC1CCCN1S(=O)(=O)c1ccc(C(Cc2ccccc2)C(=O)N2CC3CCC2C3)cc1. The van der Waals surface area contributed by atoms with Crippen molar-refractivity contribution < 1.29 is 21.6 Å². The first-order chi connectivity index (χ1) is 18.2. The van der Waals surface area contributed by atoms with Gasteiger partial charge >= 0.3 is 0 Å². The lowest BCUT2D eigenvalue weighted by Crippen LogP contribution is -2.42. The Hall–Kier alpha value is -2.53. The number of amides is 1. The van der Waals surface area contributed by atoms with E-state index in [1.807, 2.05) is 35.2 Å². The molecule has 1 N–H and O–H groups in total. The number of benzene rings is 2. The molecule has 2 saturated heterocycles. The molecule has 1 saturated carbocycles. The summed E-state index contributed by atoms with van der Waals surface area (Å²) in [5.74, 6) is 0.324. The lowest BCUT2D eigenvalue weighted by atomic mass is 9.90. The van der Waals surface area contributed by atoms with Gasteiger partial charge in [0.25, 0.3) is 0 Å². The molecule has 2 aromatic carbocycles. The van der Waals surface area contributed by atoms with Gasteiger partial charge in [-0.15, -0.1) is 0 Å². The molecule has 10 heteroatoms. The Labute approximate surface area is 225 Å². The maximum Gasteiger partial charge on any atom is 0.243 e. The number of piperidine rings is 1. The van der Waals surface area contributed by atoms with E-state index in [1.54, 1.807) is 24.3 Å². The molecule has 3 aliphatic rings. The summed E-state index contributed by atoms with van der Waals surface area (Å²) < 4.78 is 54.3. The molecule has 4 unspecified atom stereocenters. The van der Waals surface area contributed by atoms with Crippen LogP contribution < -0.4 is 4.72 Å². The molecule has 2 bridgehead atoms. The fourth-order valence-corrected chi connectivity index (χ4v) is 8.44. The fraction of sp³-hybridized carbons (Fsp3) is 0.464. The lowest BCUT2D eigenvalue weighted by Gasteiger charge is -2.31. The number of fused-ring (bicyclic) bond motifs is 2. The van der Waals surface area contributed by atoms with Crippen molar-refractivity contribution in [2.24, 2.45) is 5.92 Å². The Kier molecular flexibility index (Phi) is 7.77. The van der Waals surface area contributed by atoms with Crippen LogP contribution in [-0.4, -0.2) is 63.7 Å². The molecule has 38 heavy (non-hydrogen) atoms. The van der Waals surface area contributed by atoms with Gasteiger partial charge in [0.2, 0.25) is 26.0 Å². The molecule has 0 radical (unpaired) electrons. The average Bonchev–Trinajstić information content (AvgIpc) is 3.69. The van der Waals surface area contributed by atoms with Crippen LogP contribution in [0.25, 0.3) is 0 Å². The van der Waals surface area contributed by atoms with Crippen molar-refractivity contribution >= 4 is 26.0 Å². The van der Waals surface area contributed by atoms with E-state index in [0.717, 1.165) is 35.9 Å². The van der Waals surface area contributed by atoms with E-state index in [9.17, 15) is 21.6 Å². The molecule has 5 rings (SSSR count). The van der Waals surface area contributed by atoms with Gasteiger partial charge in [-0.05, 0) is 67.7 Å². The van der Waals surface area contributed by atoms with Gasteiger partial charge in [-0.2, -0.15) is 4.31 Å². The average molecular weight is 558 g/mol. The summed E-state index contributed by atoms with van der Waals surface area (Å²) in [5, 5.41) is 0.819. The summed E-state index contributed by atoms with van der Waals surface area (Å²) in [5.41, 5.74) is 1.87. The number of likely N-dealkylation sites (tertiary alicyclic amines) is 1. The molecule has 204 valence electrons. The van der Waals surface area contributed by atoms with Gasteiger partial charge in [0.15, 0.2) is 0 Å². The van der Waals surface area contributed by atoms with Crippen LogP contribution in [-0.2, 0) is 31.3 Å². The Morgan fingerprint density at radius 1 is 1.03 bits per heavy atom. The largest absolute Gasteiger partial charge is 0.339 e. The molecule has 8 nitrogen and oxygen atoms in total. The van der Waals surface area contributed by atoms with Gasteiger partial charge in [-0.25, -0.2) is 21.6 Å². The maximum atomic E-state index is 13.8. The third-order valence-corrected chi connectivity index (χ3v) is 11.2. The van der Waals surface area contributed by atoms with E-state index >= 15 is 0 Å². The summed E-state index contributed by atoms with van der Waals surface area (Å²) in [7, 11) is -7.47. The first-order valence-corrected chi connectivity index (χ1v) is 16.2. The molecule has 2 aliphatic heterocycles. The molecule has 2 aromatic rings. The second-order valence-electron chi connectivity index (χ2n) is 10.6. The molecule has 2 heterocycles. The molecule has 3 fully saturated rings. The quantitative estimate of drug-likeness (QED) is 0.483. The number of rotatable bonds is 10. The predicted octanol–water partition coefficient (Wildman–Crippen LogP) is 3.24. The van der Waals surface area contributed by atoms with Crippen LogP contribution in [0.5, 0.6) is 0 Å². The van der Waals surface area contributed by atoms with Crippen LogP contribution in [0, 0.1) is 5.92 Å². The van der Waals surface area contributed by atoms with Crippen molar-refractivity contribution in [3.8, 4) is 0 Å². The second kappa shape index (κ2) is 10.9. The first-order valence-electron chi connectivity index (χ1n) is 13.3. The van der Waals surface area contributed by atoms with Gasteiger partial charge < -0.3 is 4.90 Å². The lowest BCUT2D eigenvalue weighted by molar-refractivity contribution is -0.134. The molecule has 1 amide bonds. The van der Waals surface area contributed by atoms with Crippen LogP contribution in [0.1, 0.15) is 49.1 Å². The number of hydrogen-bond acceptors (Lipinski definition) is 5. The minimum atomic E-state index is -3.83. The summed E-state index contributed by atoms with van der Waals surface area (Å²) in [6, 6.07) is 16.4. The third kappa shape index (κ3) is 5.59. The Bertz CT molecular complexity index is 1380. The van der Waals surface area contributed by atoms with E-state index in [4.69, 9.17) is 0 Å². The smallest absolute Gasteiger partial charge is 0.243 e. The van der Waals surface area contributed by atoms with Crippen LogP contribution in [0.15, 0.2) is 71.5 Å².